The number of halogens is 3. The quantitative estimate of drug-likeness (QED) is 0.547. The third-order valence-electron chi connectivity index (χ3n) is 6.23. The minimum atomic E-state index is -3.64. The normalized spacial score (nSPS) is 20.1. The summed E-state index contributed by atoms with van der Waals surface area (Å²) < 4.78 is 49.3. The van der Waals surface area contributed by atoms with E-state index >= 15 is 4.39 Å². The molecular formula is C21H23F3N2O6. The summed E-state index contributed by atoms with van der Waals surface area (Å²) in [5.41, 5.74) is -1.37. The lowest BCUT2D eigenvalue weighted by Gasteiger charge is -2.27. The van der Waals surface area contributed by atoms with Gasteiger partial charge in [-0.25, -0.2) is 13.6 Å². The predicted octanol–water partition coefficient (Wildman–Crippen LogP) is 2.00. The van der Waals surface area contributed by atoms with Gasteiger partial charge < -0.3 is 29.5 Å². The van der Waals surface area contributed by atoms with Crippen molar-refractivity contribution < 1.29 is 38.0 Å². The van der Waals surface area contributed by atoms with E-state index in [0.717, 1.165) is 0 Å². The highest BCUT2D eigenvalue weighted by Gasteiger charge is 2.45. The maximum Gasteiger partial charge on any atom is 0.344 e. The molecule has 0 bridgehead atoms. The molecule has 0 amide bonds. The van der Waals surface area contributed by atoms with Gasteiger partial charge in [0.1, 0.15) is 12.7 Å². The van der Waals surface area contributed by atoms with Crippen LogP contribution in [0.1, 0.15) is 35.7 Å². The summed E-state index contributed by atoms with van der Waals surface area (Å²) in [6.45, 7) is -1.15. The van der Waals surface area contributed by atoms with Gasteiger partial charge in [-0.3, -0.25) is 4.79 Å². The lowest BCUT2D eigenvalue weighted by atomic mass is 9.96. The first-order valence-electron chi connectivity index (χ1n) is 10.2. The summed E-state index contributed by atoms with van der Waals surface area (Å²) in [5.74, 6) is -7.14. The molecule has 0 spiro atoms. The van der Waals surface area contributed by atoms with E-state index in [9.17, 15) is 28.6 Å². The van der Waals surface area contributed by atoms with Gasteiger partial charge in [0.25, 0.3) is 5.92 Å². The van der Waals surface area contributed by atoms with Crippen molar-refractivity contribution in [2.24, 2.45) is 5.92 Å². The van der Waals surface area contributed by atoms with E-state index in [1.165, 1.54) is 23.8 Å². The van der Waals surface area contributed by atoms with E-state index in [4.69, 9.17) is 9.84 Å². The molecule has 1 aliphatic carbocycles. The molecule has 2 aliphatic rings. The number of ether oxygens (including phenoxy) is 1. The van der Waals surface area contributed by atoms with Crippen LogP contribution < -0.4 is 15.1 Å². The Bertz CT molecular complexity index is 1130. The number of aromatic carboxylic acids is 1. The van der Waals surface area contributed by atoms with Gasteiger partial charge in [0.05, 0.1) is 23.7 Å². The molecule has 1 aromatic carbocycles. The van der Waals surface area contributed by atoms with E-state index in [1.54, 1.807) is 4.90 Å². The molecule has 2 atom stereocenters. The number of alkyl halides is 2. The van der Waals surface area contributed by atoms with Crippen molar-refractivity contribution in [1.29, 1.82) is 0 Å². The summed E-state index contributed by atoms with van der Waals surface area (Å²) in [6.07, 6.45) is -0.602. The first kappa shape index (κ1) is 22.4. The first-order valence-corrected chi connectivity index (χ1v) is 10.2. The van der Waals surface area contributed by atoms with E-state index in [2.05, 4.69) is 0 Å². The molecule has 11 heteroatoms. The van der Waals surface area contributed by atoms with Gasteiger partial charge in [-0.2, -0.15) is 4.39 Å². The Kier molecular flexibility index (Phi) is 5.58. The molecular weight excluding hydrogens is 433 g/mol. The van der Waals surface area contributed by atoms with E-state index in [1.807, 2.05) is 0 Å². The van der Waals surface area contributed by atoms with Crippen molar-refractivity contribution in [1.82, 2.24) is 4.57 Å². The number of aliphatic hydroxyl groups excluding tert-OH is 2. The molecule has 2 fully saturated rings. The molecule has 174 valence electrons. The molecule has 1 aliphatic heterocycles. The second-order valence-electron chi connectivity index (χ2n) is 8.27. The fourth-order valence-corrected chi connectivity index (χ4v) is 4.44. The SMILES string of the molecule is COc1c(N2CCC(C(O)C(F)(F)CO)C2)ccc2c(=O)c(C(=O)O)c(F)n(C3CC3)c12. The molecule has 4 rings (SSSR count). The van der Waals surface area contributed by atoms with Crippen LogP contribution in [0.4, 0.5) is 18.9 Å². The fraction of sp³-hybridized carbons (Fsp3) is 0.524. The van der Waals surface area contributed by atoms with Crippen LogP contribution in [0, 0.1) is 11.9 Å². The summed E-state index contributed by atoms with van der Waals surface area (Å²) >= 11 is 0. The van der Waals surface area contributed by atoms with Gasteiger partial charge in [-0.1, -0.05) is 0 Å². The molecule has 2 unspecified atom stereocenters. The van der Waals surface area contributed by atoms with Crippen molar-refractivity contribution in [2.75, 3.05) is 31.7 Å². The zero-order valence-electron chi connectivity index (χ0n) is 17.2. The Morgan fingerprint density at radius 2 is 2.00 bits per heavy atom. The molecule has 1 aromatic heterocycles. The smallest absolute Gasteiger partial charge is 0.344 e. The number of benzene rings is 1. The Hall–Kier alpha value is -2.79. The maximum absolute atomic E-state index is 15.1. The van der Waals surface area contributed by atoms with Crippen LogP contribution in [-0.2, 0) is 0 Å². The van der Waals surface area contributed by atoms with E-state index in [-0.39, 0.29) is 42.2 Å². The molecule has 0 radical (unpaired) electrons. The largest absolute Gasteiger partial charge is 0.492 e. The van der Waals surface area contributed by atoms with Crippen LogP contribution in [0.25, 0.3) is 10.9 Å². The Balaban J connectivity index is 1.83. The standard InChI is InChI=1S/C21H23F3N2O6/c1-32-17-13(25-7-6-10(8-25)18(29)21(23,24)9-27)5-4-12-15(17)26(11-2-3-11)19(22)14(16(12)28)20(30)31/h4-5,10-11,18,27,29H,2-3,6-9H2,1H3,(H,30,31). The molecule has 32 heavy (non-hydrogen) atoms. The van der Waals surface area contributed by atoms with Crippen molar-refractivity contribution >= 4 is 22.6 Å². The second kappa shape index (κ2) is 7.96. The average Bonchev–Trinajstić information content (AvgIpc) is 3.47. The molecule has 2 aromatic rings. The average molecular weight is 456 g/mol. The highest BCUT2D eigenvalue weighted by molar-refractivity contribution is 5.97. The Morgan fingerprint density at radius 3 is 2.56 bits per heavy atom. The van der Waals surface area contributed by atoms with Crippen molar-refractivity contribution in [2.45, 2.75) is 37.3 Å². The zero-order valence-corrected chi connectivity index (χ0v) is 17.2. The minimum Gasteiger partial charge on any atom is -0.492 e. The number of fused-ring (bicyclic) bond motifs is 1. The third-order valence-corrected chi connectivity index (χ3v) is 6.23. The van der Waals surface area contributed by atoms with Gasteiger partial charge in [-0.15, -0.1) is 0 Å². The molecule has 1 saturated heterocycles. The monoisotopic (exact) mass is 456 g/mol. The van der Waals surface area contributed by atoms with Gasteiger partial charge in [-0.05, 0) is 31.4 Å². The number of hydrogen-bond donors (Lipinski definition) is 3. The van der Waals surface area contributed by atoms with Crippen LogP contribution in [0.5, 0.6) is 5.75 Å². The fourth-order valence-electron chi connectivity index (χ4n) is 4.44. The number of anilines is 1. The number of carboxylic acids is 1. The summed E-state index contributed by atoms with van der Waals surface area (Å²) in [6, 6.07) is 2.56. The number of rotatable bonds is 7. The van der Waals surface area contributed by atoms with Crippen molar-refractivity contribution in [3.8, 4) is 5.75 Å². The lowest BCUT2D eigenvalue weighted by molar-refractivity contribution is -0.152. The lowest BCUT2D eigenvalue weighted by Crippen LogP contribution is -2.43. The van der Waals surface area contributed by atoms with Crippen LogP contribution in [0.2, 0.25) is 0 Å². The number of hydrogen-bond acceptors (Lipinski definition) is 6. The second-order valence-corrected chi connectivity index (χ2v) is 8.27. The number of aliphatic hydroxyl groups is 2. The van der Waals surface area contributed by atoms with Crippen LogP contribution in [-0.4, -0.2) is 64.7 Å². The molecule has 8 nitrogen and oxygen atoms in total. The van der Waals surface area contributed by atoms with E-state index < -0.39 is 47.5 Å². The van der Waals surface area contributed by atoms with Crippen LogP contribution in [0.15, 0.2) is 16.9 Å². The van der Waals surface area contributed by atoms with Crippen molar-refractivity contribution in [3.63, 3.8) is 0 Å². The third kappa shape index (κ3) is 3.49. The summed E-state index contributed by atoms with van der Waals surface area (Å²) in [5, 5.41) is 28.2. The van der Waals surface area contributed by atoms with Gasteiger partial charge in [0.2, 0.25) is 11.4 Å². The summed E-state index contributed by atoms with van der Waals surface area (Å²) in [4.78, 5) is 25.9. The summed E-state index contributed by atoms with van der Waals surface area (Å²) in [7, 11) is 1.32. The Morgan fingerprint density at radius 1 is 1.31 bits per heavy atom. The van der Waals surface area contributed by atoms with Gasteiger partial charge in [0.15, 0.2) is 11.3 Å². The topological polar surface area (TPSA) is 112 Å². The van der Waals surface area contributed by atoms with Gasteiger partial charge >= 0.3 is 5.97 Å². The highest BCUT2D eigenvalue weighted by atomic mass is 19.3. The van der Waals surface area contributed by atoms with Gasteiger partial charge in [0, 0.05) is 25.0 Å². The molecule has 2 heterocycles. The zero-order chi connectivity index (χ0) is 23.4. The molecule has 3 N–H and O–H groups in total. The number of methoxy groups -OCH3 is 1. The highest BCUT2D eigenvalue weighted by Crippen LogP contribution is 2.44. The van der Waals surface area contributed by atoms with Crippen molar-refractivity contribution in [3.05, 3.63) is 33.9 Å². The van der Waals surface area contributed by atoms with Crippen LogP contribution >= 0.6 is 0 Å². The number of nitrogens with zero attached hydrogens (tertiary/aromatic N) is 2. The number of carbonyl (C=O) groups is 1. The Labute approximate surface area is 180 Å². The maximum atomic E-state index is 15.1. The minimum absolute atomic E-state index is 0.0149. The molecule has 1 saturated carbocycles. The number of aromatic nitrogens is 1. The number of carboxylic acid groups (broad SMARTS) is 1. The predicted molar refractivity (Wildman–Crippen MR) is 108 cm³/mol. The number of pyridine rings is 1. The van der Waals surface area contributed by atoms with Crippen LogP contribution in [0.3, 0.4) is 0 Å². The van der Waals surface area contributed by atoms with E-state index in [0.29, 0.717) is 18.5 Å². The first-order chi connectivity index (χ1) is 15.1.